The average molecular weight is 257 g/mol. The molecular formula is C14H18ClFO. The maximum Gasteiger partial charge on any atom is 0.127 e. The Morgan fingerprint density at radius 1 is 1.47 bits per heavy atom. The molecule has 94 valence electrons. The van der Waals surface area contributed by atoms with Crippen molar-refractivity contribution >= 4 is 11.6 Å². The van der Waals surface area contributed by atoms with Gasteiger partial charge in [-0.25, -0.2) is 4.39 Å². The first-order valence-electron chi connectivity index (χ1n) is 5.97. The van der Waals surface area contributed by atoms with E-state index in [4.69, 9.17) is 11.6 Å². The summed E-state index contributed by atoms with van der Waals surface area (Å²) in [6, 6.07) is 1.36. The van der Waals surface area contributed by atoms with Gasteiger partial charge in [0, 0.05) is 5.02 Å². The van der Waals surface area contributed by atoms with Gasteiger partial charge in [0.2, 0.25) is 0 Å². The predicted octanol–water partition coefficient (Wildman–Crippen LogP) is 4.18. The highest BCUT2D eigenvalue weighted by molar-refractivity contribution is 6.31. The number of aliphatic hydroxyl groups excluding tert-OH is 1. The van der Waals surface area contributed by atoms with E-state index in [0.717, 1.165) is 18.4 Å². The van der Waals surface area contributed by atoms with Crippen LogP contribution >= 0.6 is 11.6 Å². The third kappa shape index (κ3) is 2.34. The van der Waals surface area contributed by atoms with Gasteiger partial charge in [-0.2, -0.15) is 0 Å². The Morgan fingerprint density at radius 3 is 2.76 bits per heavy atom. The van der Waals surface area contributed by atoms with Crippen LogP contribution in [-0.4, -0.2) is 5.11 Å². The van der Waals surface area contributed by atoms with Gasteiger partial charge < -0.3 is 5.11 Å². The number of fused-ring (bicyclic) bond motifs is 1. The van der Waals surface area contributed by atoms with Crippen LogP contribution in [0.5, 0.6) is 0 Å². The van der Waals surface area contributed by atoms with E-state index in [1.165, 1.54) is 6.07 Å². The molecule has 1 aliphatic carbocycles. The number of benzene rings is 1. The molecule has 3 heteroatoms. The maximum atomic E-state index is 13.7. The van der Waals surface area contributed by atoms with Crippen LogP contribution in [0.1, 0.15) is 49.5 Å². The molecule has 0 aliphatic heterocycles. The van der Waals surface area contributed by atoms with Crippen molar-refractivity contribution < 1.29 is 9.50 Å². The molecule has 0 saturated heterocycles. The lowest BCUT2D eigenvalue weighted by Gasteiger charge is -2.24. The number of hydrogen-bond donors (Lipinski definition) is 1. The molecule has 0 heterocycles. The molecule has 0 radical (unpaired) electrons. The van der Waals surface area contributed by atoms with Crippen LogP contribution in [0.15, 0.2) is 6.07 Å². The van der Waals surface area contributed by atoms with Crippen molar-refractivity contribution in [3.63, 3.8) is 0 Å². The molecule has 1 atom stereocenters. The second kappa shape index (κ2) is 4.25. The fourth-order valence-electron chi connectivity index (χ4n) is 2.69. The van der Waals surface area contributed by atoms with E-state index in [9.17, 15) is 9.50 Å². The maximum absolute atomic E-state index is 13.7. The van der Waals surface area contributed by atoms with Gasteiger partial charge >= 0.3 is 0 Å². The van der Waals surface area contributed by atoms with Crippen molar-refractivity contribution in [1.82, 2.24) is 0 Å². The topological polar surface area (TPSA) is 20.2 Å². The number of aliphatic hydroxyl groups is 1. The molecule has 0 spiro atoms. The van der Waals surface area contributed by atoms with E-state index in [2.05, 4.69) is 13.8 Å². The molecule has 1 nitrogen and oxygen atoms in total. The lowest BCUT2D eigenvalue weighted by molar-refractivity contribution is 0.116. The van der Waals surface area contributed by atoms with Crippen molar-refractivity contribution in [1.29, 1.82) is 0 Å². The summed E-state index contributed by atoms with van der Waals surface area (Å²) >= 11 is 6.10. The second-order valence-electron chi connectivity index (χ2n) is 5.74. The second-order valence-corrected chi connectivity index (χ2v) is 6.15. The first kappa shape index (κ1) is 12.8. The van der Waals surface area contributed by atoms with Crippen molar-refractivity contribution in [3.05, 3.63) is 33.6 Å². The summed E-state index contributed by atoms with van der Waals surface area (Å²) in [6.45, 7) is 5.97. The quantitative estimate of drug-likeness (QED) is 0.691. The summed E-state index contributed by atoms with van der Waals surface area (Å²) in [4.78, 5) is 0. The zero-order valence-electron chi connectivity index (χ0n) is 10.5. The van der Waals surface area contributed by atoms with Crippen LogP contribution in [0, 0.1) is 18.2 Å². The standard InChI is InChI=1S/C14H18ClFO/c1-8-11(16)6-10(15)9-4-5-14(2,3)7-12(17)13(8)9/h6,12,17H,4-5,7H2,1-3H3. The van der Waals surface area contributed by atoms with Crippen LogP contribution in [-0.2, 0) is 6.42 Å². The first-order chi connectivity index (χ1) is 7.82. The van der Waals surface area contributed by atoms with E-state index in [1.807, 2.05) is 0 Å². The zero-order chi connectivity index (χ0) is 12.8. The predicted molar refractivity (Wildman–Crippen MR) is 67.8 cm³/mol. The first-order valence-corrected chi connectivity index (χ1v) is 6.35. The largest absolute Gasteiger partial charge is 0.388 e. The molecule has 17 heavy (non-hydrogen) atoms. The van der Waals surface area contributed by atoms with Crippen molar-refractivity contribution in [3.8, 4) is 0 Å². The molecule has 1 aliphatic rings. The highest BCUT2D eigenvalue weighted by atomic mass is 35.5. The summed E-state index contributed by atoms with van der Waals surface area (Å²) in [7, 11) is 0. The van der Waals surface area contributed by atoms with Gasteiger partial charge in [-0.15, -0.1) is 0 Å². The molecule has 0 saturated carbocycles. The summed E-state index contributed by atoms with van der Waals surface area (Å²) < 4.78 is 13.7. The fraction of sp³-hybridized carbons (Fsp3) is 0.571. The number of halogens is 2. The van der Waals surface area contributed by atoms with Gasteiger partial charge in [0.05, 0.1) is 6.10 Å². The SMILES string of the molecule is Cc1c(F)cc(Cl)c2c1C(O)CC(C)(C)CC2. The monoisotopic (exact) mass is 256 g/mol. The molecule has 2 rings (SSSR count). The van der Waals surface area contributed by atoms with E-state index < -0.39 is 6.10 Å². The summed E-state index contributed by atoms with van der Waals surface area (Å²) in [5, 5.41) is 10.7. The lowest BCUT2D eigenvalue weighted by atomic mass is 9.83. The Bertz CT molecular complexity index is 454. The van der Waals surface area contributed by atoms with Gasteiger partial charge in [-0.05, 0) is 54.4 Å². The molecule has 0 aromatic heterocycles. The molecule has 1 N–H and O–H groups in total. The fourth-order valence-corrected chi connectivity index (χ4v) is 2.98. The van der Waals surface area contributed by atoms with E-state index in [1.54, 1.807) is 6.92 Å². The molecular weight excluding hydrogens is 239 g/mol. The lowest BCUT2D eigenvalue weighted by Crippen LogP contribution is -2.14. The van der Waals surface area contributed by atoms with Crippen molar-refractivity contribution in [2.75, 3.05) is 0 Å². The van der Waals surface area contributed by atoms with Gasteiger partial charge in [-0.3, -0.25) is 0 Å². The minimum absolute atomic E-state index is 0.0602. The summed E-state index contributed by atoms with van der Waals surface area (Å²) in [5.41, 5.74) is 2.23. The van der Waals surface area contributed by atoms with Crippen molar-refractivity contribution in [2.24, 2.45) is 5.41 Å². The van der Waals surface area contributed by atoms with E-state index in [0.29, 0.717) is 22.6 Å². The van der Waals surface area contributed by atoms with Crippen LogP contribution in [0.4, 0.5) is 4.39 Å². The van der Waals surface area contributed by atoms with Gasteiger partial charge in [0.15, 0.2) is 0 Å². The number of hydrogen-bond acceptors (Lipinski definition) is 1. The summed E-state index contributed by atoms with van der Waals surface area (Å²) in [6.07, 6.45) is 1.80. The third-order valence-electron chi connectivity index (χ3n) is 3.76. The van der Waals surface area contributed by atoms with Gasteiger partial charge in [-0.1, -0.05) is 25.4 Å². The Hall–Kier alpha value is -0.600. The summed E-state index contributed by atoms with van der Waals surface area (Å²) in [5.74, 6) is -0.326. The Labute approximate surface area is 107 Å². The molecule has 0 bridgehead atoms. The van der Waals surface area contributed by atoms with E-state index >= 15 is 0 Å². The third-order valence-corrected chi connectivity index (χ3v) is 4.10. The van der Waals surface area contributed by atoms with Gasteiger partial charge in [0.1, 0.15) is 5.82 Å². The van der Waals surface area contributed by atoms with Crippen LogP contribution in [0.3, 0.4) is 0 Å². The molecule has 0 fully saturated rings. The Morgan fingerprint density at radius 2 is 2.12 bits per heavy atom. The van der Waals surface area contributed by atoms with Crippen LogP contribution in [0.2, 0.25) is 5.02 Å². The molecule has 0 amide bonds. The highest BCUT2D eigenvalue weighted by Gasteiger charge is 2.31. The Kier molecular flexibility index (Phi) is 3.21. The smallest absolute Gasteiger partial charge is 0.127 e. The number of rotatable bonds is 0. The molecule has 1 aromatic carbocycles. The normalized spacial score (nSPS) is 23.1. The Balaban J connectivity index is 2.59. The molecule has 1 unspecified atom stereocenters. The van der Waals surface area contributed by atoms with Gasteiger partial charge in [0.25, 0.3) is 0 Å². The van der Waals surface area contributed by atoms with E-state index in [-0.39, 0.29) is 11.2 Å². The highest BCUT2D eigenvalue weighted by Crippen LogP contribution is 2.43. The van der Waals surface area contributed by atoms with Crippen molar-refractivity contribution in [2.45, 2.75) is 46.1 Å². The molecule has 1 aromatic rings. The minimum atomic E-state index is -0.615. The minimum Gasteiger partial charge on any atom is -0.388 e. The zero-order valence-corrected chi connectivity index (χ0v) is 11.2. The average Bonchev–Trinajstić information content (AvgIpc) is 2.31. The van der Waals surface area contributed by atoms with Crippen LogP contribution < -0.4 is 0 Å². The van der Waals surface area contributed by atoms with Crippen LogP contribution in [0.25, 0.3) is 0 Å².